The van der Waals surface area contributed by atoms with Gasteiger partial charge in [-0.25, -0.2) is 9.59 Å². The summed E-state index contributed by atoms with van der Waals surface area (Å²) in [7, 11) is 0. The summed E-state index contributed by atoms with van der Waals surface area (Å²) in [5.41, 5.74) is 0.245. The van der Waals surface area contributed by atoms with Crippen LogP contribution >= 0.6 is 0 Å². The minimum atomic E-state index is -0.832. The van der Waals surface area contributed by atoms with Crippen LogP contribution in [0.1, 0.15) is 139 Å². The number of carbonyl (C=O) groups excluding carboxylic acids is 2. The molecule has 0 saturated carbocycles. The normalized spacial score (nSPS) is 10.8. The van der Waals surface area contributed by atoms with Crippen molar-refractivity contribution in [3.05, 3.63) is 35.4 Å². The maximum atomic E-state index is 13.5. The van der Waals surface area contributed by atoms with Crippen molar-refractivity contribution in [2.45, 2.75) is 119 Å². The molecule has 2 aromatic carbocycles. The molecule has 9 heteroatoms. The third-order valence-corrected chi connectivity index (χ3v) is 7.21. The highest BCUT2D eigenvalue weighted by Gasteiger charge is 2.25. The van der Waals surface area contributed by atoms with Crippen molar-refractivity contribution in [3.63, 3.8) is 0 Å². The molecule has 47 heavy (non-hydrogen) atoms. The van der Waals surface area contributed by atoms with E-state index in [0.717, 1.165) is 77.0 Å². The van der Waals surface area contributed by atoms with Crippen molar-refractivity contribution in [2.75, 3.05) is 39.6 Å². The topological polar surface area (TPSA) is 98.8 Å². The summed E-state index contributed by atoms with van der Waals surface area (Å²) < 4.78 is 41.9. The fourth-order valence-electron chi connectivity index (χ4n) is 4.25. The second-order valence-electron chi connectivity index (χ2n) is 11.5. The first-order valence-corrected chi connectivity index (χ1v) is 17.8. The molecule has 0 aromatic heterocycles. The fraction of sp³-hybridized carbons (Fsp3) is 0.632. The van der Waals surface area contributed by atoms with Crippen molar-refractivity contribution in [1.29, 1.82) is 0 Å². The minimum Gasteiger partial charge on any atom is -0.490 e. The molecule has 0 N–H and O–H groups in total. The van der Waals surface area contributed by atoms with Crippen LogP contribution in [0.2, 0.25) is 0 Å². The molecule has 0 atom stereocenters. The number of unbranched alkanes of at least 4 members (excludes halogenated alkanes) is 6. The summed E-state index contributed by atoms with van der Waals surface area (Å²) in [6, 6.07) is 6.23. The van der Waals surface area contributed by atoms with Crippen LogP contribution in [-0.2, 0) is 4.74 Å². The van der Waals surface area contributed by atoms with Gasteiger partial charge in [-0.3, -0.25) is 0 Å². The third kappa shape index (κ3) is 14.0. The molecule has 2 rings (SSSR count). The number of carbonyl (C=O) groups is 2. The molecule has 264 valence electrons. The lowest BCUT2D eigenvalue weighted by Gasteiger charge is -2.19. The molecule has 0 aliphatic carbocycles. The van der Waals surface area contributed by atoms with Crippen LogP contribution in [0.15, 0.2) is 24.3 Å². The minimum absolute atomic E-state index is 0.123. The second-order valence-corrected chi connectivity index (χ2v) is 11.5. The number of benzene rings is 2. The van der Waals surface area contributed by atoms with Crippen molar-refractivity contribution in [2.24, 2.45) is 0 Å². The highest BCUT2D eigenvalue weighted by atomic mass is 16.6. The average Bonchev–Trinajstić information content (AvgIpc) is 3.06. The van der Waals surface area contributed by atoms with E-state index in [0.29, 0.717) is 74.1 Å². The van der Waals surface area contributed by atoms with Gasteiger partial charge in [0.15, 0.2) is 23.0 Å². The van der Waals surface area contributed by atoms with Crippen molar-refractivity contribution >= 4 is 11.9 Å². The lowest BCUT2D eigenvalue weighted by molar-refractivity contribution is 0.0396. The molecule has 0 bridgehead atoms. The lowest BCUT2D eigenvalue weighted by atomic mass is 10.1. The Morgan fingerprint density at radius 1 is 0.404 bits per heavy atom. The van der Waals surface area contributed by atoms with Crippen molar-refractivity contribution in [1.82, 2.24) is 0 Å². The van der Waals surface area contributed by atoms with Gasteiger partial charge in [-0.05, 0) is 62.8 Å². The molecule has 2 aromatic rings. The zero-order valence-corrected chi connectivity index (χ0v) is 29.7. The molecule has 0 radical (unpaired) electrons. The summed E-state index contributed by atoms with van der Waals surface area (Å²) in [5, 5.41) is 0. The van der Waals surface area contributed by atoms with Gasteiger partial charge in [0.05, 0.1) is 50.8 Å². The Kier molecular flexibility index (Phi) is 19.9. The standard InChI is InChI=1S/C38H58O9/c1-7-13-19-41-31-25-29(26-32(42-20-14-8-2)35(31)45-23-17-11-5)37(39)47-38(40)30-27-33(43-21-15-9-3)36(46-24-18-12-6)34(28-30)44-22-16-10-4/h25-28H,7-24H2,1-6H3. The first-order chi connectivity index (χ1) is 22.9. The smallest absolute Gasteiger partial charge is 0.346 e. The molecule has 0 saturated heterocycles. The predicted octanol–water partition coefficient (Wildman–Crippen LogP) is 9.76. The van der Waals surface area contributed by atoms with E-state index < -0.39 is 11.9 Å². The van der Waals surface area contributed by atoms with Gasteiger partial charge in [-0.1, -0.05) is 80.1 Å². The first kappa shape index (κ1) is 39.6. The predicted molar refractivity (Wildman–Crippen MR) is 185 cm³/mol. The molecule has 0 heterocycles. The monoisotopic (exact) mass is 658 g/mol. The number of esters is 2. The number of hydrogen-bond acceptors (Lipinski definition) is 9. The van der Waals surface area contributed by atoms with Crippen LogP contribution in [0.4, 0.5) is 0 Å². The molecule has 0 spiro atoms. The maximum absolute atomic E-state index is 13.5. The van der Waals surface area contributed by atoms with Gasteiger partial charge in [0.1, 0.15) is 0 Å². The quantitative estimate of drug-likeness (QED) is 0.0556. The van der Waals surface area contributed by atoms with Crippen LogP contribution in [0.25, 0.3) is 0 Å². The summed E-state index contributed by atoms with van der Waals surface area (Å²) >= 11 is 0. The molecular formula is C38H58O9. The zero-order chi connectivity index (χ0) is 34.3. The van der Waals surface area contributed by atoms with E-state index in [4.69, 9.17) is 33.2 Å². The highest BCUT2D eigenvalue weighted by molar-refractivity contribution is 6.03. The fourth-order valence-corrected chi connectivity index (χ4v) is 4.25. The Balaban J connectivity index is 2.47. The van der Waals surface area contributed by atoms with E-state index in [-0.39, 0.29) is 11.1 Å². The van der Waals surface area contributed by atoms with Crippen LogP contribution in [0.5, 0.6) is 34.5 Å². The third-order valence-electron chi connectivity index (χ3n) is 7.21. The summed E-state index contributed by atoms with van der Waals surface area (Å²) in [5.74, 6) is 0.779. The Bertz CT molecular complexity index is 1040. The highest BCUT2D eigenvalue weighted by Crippen LogP contribution is 2.41. The maximum Gasteiger partial charge on any atom is 0.346 e. The van der Waals surface area contributed by atoms with Gasteiger partial charge in [-0.2, -0.15) is 0 Å². The van der Waals surface area contributed by atoms with E-state index >= 15 is 0 Å². The van der Waals surface area contributed by atoms with Gasteiger partial charge < -0.3 is 33.2 Å². The zero-order valence-electron chi connectivity index (χ0n) is 29.7. The summed E-state index contributed by atoms with van der Waals surface area (Å²) in [6.07, 6.45) is 10.7. The van der Waals surface area contributed by atoms with Crippen LogP contribution in [-0.4, -0.2) is 51.6 Å². The largest absolute Gasteiger partial charge is 0.490 e. The van der Waals surface area contributed by atoms with Gasteiger partial charge >= 0.3 is 11.9 Å². The van der Waals surface area contributed by atoms with E-state index in [1.165, 1.54) is 0 Å². The number of ether oxygens (including phenoxy) is 7. The Hall–Kier alpha value is -3.62. The van der Waals surface area contributed by atoms with E-state index in [9.17, 15) is 9.59 Å². The van der Waals surface area contributed by atoms with Gasteiger partial charge in [0.2, 0.25) is 11.5 Å². The van der Waals surface area contributed by atoms with E-state index in [1.807, 2.05) is 0 Å². The Labute approximate surface area is 282 Å². The van der Waals surface area contributed by atoms with Crippen LogP contribution in [0, 0.1) is 0 Å². The molecule has 0 amide bonds. The van der Waals surface area contributed by atoms with Crippen LogP contribution < -0.4 is 28.4 Å². The van der Waals surface area contributed by atoms with E-state index in [1.54, 1.807) is 24.3 Å². The van der Waals surface area contributed by atoms with Gasteiger partial charge in [0, 0.05) is 0 Å². The molecule has 0 aliphatic heterocycles. The van der Waals surface area contributed by atoms with Crippen LogP contribution in [0.3, 0.4) is 0 Å². The molecule has 0 aliphatic rings. The van der Waals surface area contributed by atoms with Crippen molar-refractivity contribution in [3.8, 4) is 34.5 Å². The average molecular weight is 659 g/mol. The molecule has 9 nitrogen and oxygen atoms in total. The second kappa shape index (κ2) is 23.7. The molecular weight excluding hydrogens is 600 g/mol. The van der Waals surface area contributed by atoms with Gasteiger partial charge in [0.25, 0.3) is 0 Å². The summed E-state index contributed by atoms with van der Waals surface area (Å²) in [6.45, 7) is 15.2. The van der Waals surface area contributed by atoms with Crippen molar-refractivity contribution < 1.29 is 42.7 Å². The summed E-state index contributed by atoms with van der Waals surface area (Å²) in [4.78, 5) is 27.0. The SMILES string of the molecule is CCCCOc1cc(C(=O)OC(=O)c2cc(OCCCC)c(OCCCC)c(OCCCC)c2)cc(OCCCC)c1OCCCC. The number of hydrogen-bond donors (Lipinski definition) is 0. The van der Waals surface area contributed by atoms with Gasteiger partial charge in [-0.15, -0.1) is 0 Å². The Morgan fingerprint density at radius 3 is 0.872 bits per heavy atom. The molecule has 0 unspecified atom stereocenters. The Morgan fingerprint density at radius 2 is 0.638 bits per heavy atom. The first-order valence-electron chi connectivity index (χ1n) is 17.8. The number of rotatable bonds is 26. The lowest BCUT2D eigenvalue weighted by Crippen LogP contribution is -2.15. The van der Waals surface area contributed by atoms with E-state index in [2.05, 4.69) is 41.5 Å². The molecule has 0 fully saturated rings.